The molecule has 27 atom stereocenters. The number of hydrogen-bond acceptors (Lipinski definition) is 23. The zero-order chi connectivity index (χ0) is 58.4. The maximum absolute atomic E-state index is 13.3. The standard InChI is InChI=1S/C55H86O24/c1-10-23(2)46(71)79-44-43(68)55(22-72-24(3)59)26(17-50(44,4)5)25-11-12-30-51(6)15-14-32(52(7,21-58)29(51)13-16-53(30,8)54(25,9)18-31(55)60)75-49-41(77-48-38(66)36(64)34(62)28(20-57)74-48)39(67)40(42(78-49)45(69)70)76-47-37(65)35(63)33(61)27(19-56)73-47/h10-11,26-44,47-49,56-58,60-68H,12-22H2,1-9H3,(H,69,70)/b23-10+. The Morgan fingerprint density at radius 2 is 1.28 bits per heavy atom. The third-order valence-corrected chi connectivity index (χ3v) is 21.0. The topological polar surface area (TPSA) is 388 Å². The Kier molecular flexibility index (Phi) is 17.8. The first kappa shape index (κ1) is 62.2. The Hall–Kier alpha value is -2.83. The molecule has 24 heteroatoms. The van der Waals surface area contributed by atoms with Crippen molar-refractivity contribution >= 4 is 17.9 Å². The number of aliphatic hydroxyl groups excluding tert-OH is 12. The van der Waals surface area contributed by atoms with Gasteiger partial charge in [-0.3, -0.25) is 4.79 Å². The molecule has 3 aliphatic heterocycles. The lowest BCUT2D eigenvalue weighted by molar-refractivity contribution is -0.392. The molecule has 8 aliphatic rings. The van der Waals surface area contributed by atoms with Gasteiger partial charge >= 0.3 is 17.9 Å². The summed E-state index contributed by atoms with van der Waals surface area (Å²) in [5.41, 5.74) is -3.78. The van der Waals surface area contributed by atoms with Gasteiger partial charge in [-0.15, -0.1) is 0 Å². The highest BCUT2D eigenvalue weighted by Crippen LogP contribution is 2.76. The van der Waals surface area contributed by atoms with Crippen molar-refractivity contribution in [1.82, 2.24) is 0 Å². The average Bonchev–Trinajstić information content (AvgIpc) is 3.39. The Morgan fingerprint density at radius 1 is 0.696 bits per heavy atom. The van der Waals surface area contributed by atoms with E-state index in [0.717, 1.165) is 5.57 Å². The Balaban J connectivity index is 1.11. The molecular weight excluding hydrogens is 1040 g/mol. The van der Waals surface area contributed by atoms with E-state index in [4.69, 9.17) is 37.9 Å². The first-order chi connectivity index (χ1) is 36.9. The van der Waals surface area contributed by atoms with Gasteiger partial charge in [-0.05, 0) is 92.8 Å². The second-order valence-corrected chi connectivity index (χ2v) is 25.6. The van der Waals surface area contributed by atoms with Crippen LogP contribution in [0.15, 0.2) is 23.3 Å². The van der Waals surface area contributed by atoms with Gasteiger partial charge in [0.2, 0.25) is 0 Å². The fraction of sp³-hybridized carbons (Fsp3) is 0.873. The third kappa shape index (κ3) is 10.0. The van der Waals surface area contributed by atoms with E-state index >= 15 is 0 Å². The van der Waals surface area contributed by atoms with Gasteiger partial charge in [0.05, 0.1) is 37.4 Å². The van der Waals surface area contributed by atoms with Crippen LogP contribution in [0.5, 0.6) is 0 Å². The molecule has 8 rings (SSSR count). The predicted octanol–water partition coefficient (Wildman–Crippen LogP) is -1.32. The van der Waals surface area contributed by atoms with E-state index in [1.807, 2.05) is 20.8 Å². The summed E-state index contributed by atoms with van der Waals surface area (Å²) in [6, 6.07) is 0. The summed E-state index contributed by atoms with van der Waals surface area (Å²) >= 11 is 0. The maximum atomic E-state index is 13.3. The molecule has 0 amide bonds. The summed E-state index contributed by atoms with van der Waals surface area (Å²) in [6.07, 6.45) is -26.8. The van der Waals surface area contributed by atoms with Crippen molar-refractivity contribution in [2.75, 3.05) is 26.4 Å². The fourth-order valence-corrected chi connectivity index (χ4v) is 16.1. The monoisotopic (exact) mass is 1130 g/mol. The van der Waals surface area contributed by atoms with Crippen molar-refractivity contribution in [1.29, 1.82) is 0 Å². The second kappa shape index (κ2) is 22.6. The number of carbonyl (C=O) groups is 3. The minimum Gasteiger partial charge on any atom is -0.479 e. The van der Waals surface area contributed by atoms with Crippen LogP contribution in [0.2, 0.25) is 0 Å². The molecule has 5 aliphatic carbocycles. The molecule has 0 aromatic heterocycles. The zero-order valence-corrected chi connectivity index (χ0v) is 46.4. The molecule has 4 saturated carbocycles. The van der Waals surface area contributed by atoms with Gasteiger partial charge in [0.1, 0.15) is 86.0 Å². The van der Waals surface area contributed by atoms with E-state index in [2.05, 4.69) is 26.8 Å². The van der Waals surface area contributed by atoms with E-state index in [-0.39, 0.29) is 31.3 Å². The number of allylic oxidation sites excluding steroid dienone is 3. The first-order valence-corrected chi connectivity index (χ1v) is 27.7. The van der Waals surface area contributed by atoms with Gasteiger partial charge in [0.15, 0.2) is 25.0 Å². The van der Waals surface area contributed by atoms with Crippen molar-refractivity contribution in [3.05, 3.63) is 23.3 Å². The minimum absolute atomic E-state index is 0.0849. The van der Waals surface area contributed by atoms with Crippen LogP contribution in [0, 0.1) is 50.2 Å². The van der Waals surface area contributed by atoms with Gasteiger partial charge in [-0.1, -0.05) is 59.3 Å². The maximum Gasteiger partial charge on any atom is 0.335 e. The molecule has 0 aromatic rings. The van der Waals surface area contributed by atoms with Crippen LogP contribution < -0.4 is 0 Å². The molecular formula is C55H86O24. The quantitative estimate of drug-likeness (QED) is 0.0415. The molecule has 450 valence electrons. The molecule has 13 N–H and O–H groups in total. The van der Waals surface area contributed by atoms with Crippen molar-refractivity contribution in [3.8, 4) is 0 Å². The number of aliphatic carboxylic acids is 1. The van der Waals surface area contributed by atoms with Crippen molar-refractivity contribution < 1.29 is 119 Å². The molecule has 3 heterocycles. The molecule has 24 nitrogen and oxygen atoms in total. The van der Waals surface area contributed by atoms with Crippen molar-refractivity contribution in [2.45, 2.75) is 224 Å². The fourth-order valence-electron chi connectivity index (χ4n) is 16.1. The normalized spacial score (nSPS) is 50.6. The smallest absolute Gasteiger partial charge is 0.335 e. The van der Waals surface area contributed by atoms with E-state index in [0.29, 0.717) is 37.7 Å². The molecule has 27 unspecified atom stereocenters. The average molecular weight is 1130 g/mol. The number of fused-ring (bicyclic) bond motifs is 7. The van der Waals surface area contributed by atoms with Crippen molar-refractivity contribution in [3.63, 3.8) is 0 Å². The van der Waals surface area contributed by atoms with Gasteiger partial charge < -0.3 is 104 Å². The van der Waals surface area contributed by atoms with Gasteiger partial charge in [0, 0.05) is 23.3 Å². The van der Waals surface area contributed by atoms with Crippen LogP contribution >= 0.6 is 0 Å². The van der Waals surface area contributed by atoms with Crippen LogP contribution in [0.3, 0.4) is 0 Å². The number of carboxylic acids is 1. The van der Waals surface area contributed by atoms with E-state index in [1.54, 1.807) is 19.9 Å². The first-order valence-electron chi connectivity index (χ1n) is 27.7. The minimum atomic E-state index is -2.18. The summed E-state index contributed by atoms with van der Waals surface area (Å²) < 4.78 is 47.7. The van der Waals surface area contributed by atoms with Gasteiger partial charge in [-0.25, -0.2) is 9.59 Å². The van der Waals surface area contributed by atoms with E-state index in [9.17, 15) is 80.8 Å². The number of aliphatic hydroxyl groups is 12. The highest BCUT2D eigenvalue weighted by molar-refractivity contribution is 5.87. The zero-order valence-electron chi connectivity index (χ0n) is 46.4. The summed E-state index contributed by atoms with van der Waals surface area (Å²) in [6.45, 7) is 14.3. The molecule has 79 heavy (non-hydrogen) atoms. The largest absolute Gasteiger partial charge is 0.479 e. The SMILES string of the molecule is C/C=C(\C)C(=O)OC1C(O)C2(COC(C)=O)C(O)CC3(C)C(=CCC4C5(C)CCC(OC6OC(C(=O)O)C(OC7OC(CO)C(O)C(O)C7O)C(O)C6OC6OC(CO)C(O)C(O)C6O)C(C)(CO)C5CCC43C)C2CC1(C)C. The molecule has 0 bridgehead atoms. The molecule has 0 aromatic carbocycles. The highest BCUT2D eigenvalue weighted by Gasteiger charge is 2.74. The van der Waals surface area contributed by atoms with Crippen LogP contribution in [0.25, 0.3) is 0 Å². The van der Waals surface area contributed by atoms with E-state index < -0.39 is 193 Å². The summed E-state index contributed by atoms with van der Waals surface area (Å²) in [5, 5.41) is 144. The van der Waals surface area contributed by atoms with Crippen LogP contribution in [-0.4, -0.2) is 227 Å². The lowest BCUT2D eigenvalue weighted by Crippen LogP contribution is -2.72. The lowest BCUT2D eigenvalue weighted by Gasteiger charge is -2.72. The number of carboxylic acid groups (broad SMARTS) is 1. The van der Waals surface area contributed by atoms with Crippen LogP contribution in [-0.2, 0) is 52.3 Å². The number of esters is 2. The third-order valence-electron chi connectivity index (χ3n) is 21.0. The number of rotatable bonds is 14. The van der Waals surface area contributed by atoms with Crippen LogP contribution in [0.4, 0.5) is 0 Å². The van der Waals surface area contributed by atoms with E-state index in [1.165, 1.54) is 6.92 Å². The second-order valence-electron chi connectivity index (χ2n) is 25.6. The predicted molar refractivity (Wildman–Crippen MR) is 269 cm³/mol. The lowest BCUT2D eigenvalue weighted by atomic mass is 9.33. The Bertz CT molecular complexity index is 2290. The number of carbonyl (C=O) groups excluding carboxylic acids is 2. The molecule has 7 fully saturated rings. The molecule has 0 spiro atoms. The van der Waals surface area contributed by atoms with Gasteiger partial charge in [0.25, 0.3) is 0 Å². The summed E-state index contributed by atoms with van der Waals surface area (Å²) in [5.74, 6) is -3.82. The summed E-state index contributed by atoms with van der Waals surface area (Å²) in [7, 11) is 0. The van der Waals surface area contributed by atoms with Crippen molar-refractivity contribution in [2.24, 2.45) is 50.2 Å². The Labute approximate surface area is 459 Å². The number of hydrogen-bond donors (Lipinski definition) is 13. The molecule has 0 radical (unpaired) electrons. The van der Waals surface area contributed by atoms with Crippen LogP contribution in [0.1, 0.15) is 107 Å². The highest BCUT2D eigenvalue weighted by atomic mass is 16.8. The Morgan fingerprint density at radius 3 is 1.81 bits per heavy atom. The molecule has 3 saturated heterocycles. The summed E-state index contributed by atoms with van der Waals surface area (Å²) in [4.78, 5) is 39.0. The number of ether oxygens (including phenoxy) is 8. The van der Waals surface area contributed by atoms with Gasteiger partial charge in [-0.2, -0.15) is 0 Å².